The first-order valence-electron chi connectivity index (χ1n) is 4.81. The van der Waals surface area contributed by atoms with Crippen LogP contribution in [0.15, 0.2) is 28.7 Å². The molecule has 3 nitrogen and oxygen atoms in total. The number of benzene rings is 1. The Kier molecular flexibility index (Phi) is 4.15. The minimum atomic E-state index is -0.100. The molecule has 82 valence electrons. The molecule has 0 heterocycles. The van der Waals surface area contributed by atoms with Crippen molar-refractivity contribution in [2.75, 3.05) is 11.9 Å². The number of rotatable bonds is 2. The van der Waals surface area contributed by atoms with Crippen molar-refractivity contribution in [1.29, 1.82) is 0 Å². The summed E-state index contributed by atoms with van der Waals surface area (Å²) in [6, 6.07) is 7.67. The van der Waals surface area contributed by atoms with E-state index >= 15 is 0 Å². The van der Waals surface area contributed by atoms with Crippen LogP contribution in [0.4, 0.5) is 10.5 Å². The average Bonchev–Trinajstić information content (AvgIpc) is 2.16. The van der Waals surface area contributed by atoms with Gasteiger partial charge in [0.2, 0.25) is 0 Å². The Morgan fingerprint density at radius 2 is 2.00 bits per heavy atom. The van der Waals surface area contributed by atoms with Gasteiger partial charge in [0.1, 0.15) is 0 Å². The van der Waals surface area contributed by atoms with Gasteiger partial charge in [-0.1, -0.05) is 12.1 Å². The molecule has 0 aliphatic carbocycles. The van der Waals surface area contributed by atoms with E-state index in [1.54, 1.807) is 11.9 Å². The second-order valence-electron chi connectivity index (χ2n) is 3.61. The summed E-state index contributed by atoms with van der Waals surface area (Å²) in [5, 5.41) is 2.83. The highest BCUT2D eigenvalue weighted by atomic mass is 79.9. The van der Waals surface area contributed by atoms with Crippen LogP contribution in [-0.4, -0.2) is 19.1 Å². The van der Waals surface area contributed by atoms with Crippen molar-refractivity contribution >= 4 is 27.6 Å². The molecule has 0 unspecified atom stereocenters. The van der Waals surface area contributed by atoms with Gasteiger partial charge in [0.05, 0.1) is 5.69 Å². The van der Waals surface area contributed by atoms with Crippen LogP contribution >= 0.6 is 15.9 Å². The van der Waals surface area contributed by atoms with E-state index in [2.05, 4.69) is 21.2 Å². The fourth-order valence-corrected chi connectivity index (χ4v) is 1.73. The van der Waals surface area contributed by atoms with Crippen molar-refractivity contribution in [2.24, 2.45) is 0 Å². The summed E-state index contributed by atoms with van der Waals surface area (Å²) in [6.45, 7) is 3.87. The maximum atomic E-state index is 11.7. The normalized spacial score (nSPS) is 10.2. The summed E-state index contributed by atoms with van der Waals surface area (Å²) < 4.78 is 0.909. The standard InChI is InChI=1S/C11H15BrN2O/c1-8(2)13-11(15)14(3)10-7-5-4-6-9(10)12/h4-8H,1-3H3,(H,13,15). The molecule has 0 fully saturated rings. The third kappa shape index (κ3) is 3.23. The summed E-state index contributed by atoms with van der Waals surface area (Å²) in [5.41, 5.74) is 0.857. The van der Waals surface area contributed by atoms with Crippen molar-refractivity contribution < 1.29 is 4.79 Å². The third-order valence-electron chi connectivity index (χ3n) is 1.93. The molecule has 0 saturated heterocycles. The van der Waals surface area contributed by atoms with Gasteiger partial charge >= 0.3 is 6.03 Å². The van der Waals surface area contributed by atoms with Gasteiger partial charge in [-0.3, -0.25) is 4.90 Å². The van der Waals surface area contributed by atoms with E-state index in [1.165, 1.54) is 0 Å². The highest BCUT2D eigenvalue weighted by molar-refractivity contribution is 9.10. The van der Waals surface area contributed by atoms with Crippen LogP contribution < -0.4 is 10.2 Å². The lowest BCUT2D eigenvalue weighted by molar-refractivity contribution is 0.245. The van der Waals surface area contributed by atoms with E-state index in [1.807, 2.05) is 38.1 Å². The van der Waals surface area contributed by atoms with E-state index in [4.69, 9.17) is 0 Å². The molecule has 0 aliphatic heterocycles. The predicted molar refractivity (Wildman–Crippen MR) is 66.2 cm³/mol. The van der Waals surface area contributed by atoms with Crippen LogP contribution in [0.2, 0.25) is 0 Å². The van der Waals surface area contributed by atoms with Crippen molar-refractivity contribution in [3.05, 3.63) is 28.7 Å². The summed E-state index contributed by atoms with van der Waals surface area (Å²) in [7, 11) is 1.75. The minimum Gasteiger partial charge on any atom is -0.336 e. The fourth-order valence-electron chi connectivity index (χ4n) is 1.18. The molecule has 0 aromatic heterocycles. The summed E-state index contributed by atoms with van der Waals surface area (Å²) in [4.78, 5) is 13.3. The molecule has 2 amide bonds. The molecule has 0 aliphatic rings. The van der Waals surface area contributed by atoms with Gasteiger partial charge in [-0.05, 0) is 41.9 Å². The Balaban J connectivity index is 2.81. The van der Waals surface area contributed by atoms with Gasteiger partial charge in [-0.25, -0.2) is 4.79 Å². The van der Waals surface area contributed by atoms with E-state index in [-0.39, 0.29) is 12.1 Å². The van der Waals surface area contributed by atoms with E-state index < -0.39 is 0 Å². The van der Waals surface area contributed by atoms with Crippen LogP contribution in [0.25, 0.3) is 0 Å². The number of hydrogen-bond donors (Lipinski definition) is 1. The molecular formula is C11H15BrN2O. The quantitative estimate of drug-likeness (QED) is 0.881. The van der Waals surface area contributed by atoms with Gasteiger partial charge < -0.3 is 5.32 Å². The smallest absolute Gasteiger partial charge is 0.321 e. The third-order valence-corrected chi connectivity index (χ3v) is 2.60. The van der Waals surface area contributed by atoms with Crippen LogP contribution in [0.3, 0.4) is 0 Å². The number of carbonyl (C=O) groups excluding carboxylic acids is 1. The van der Waals surface area contributed by atoms with Crippen molar-refractivity contribution in [3.63, 3.8) is 0 Å². The van der Waals surface area contributed by atoms with E-state index in [9.17, 15) is 4.79 Å². The molecule has 0 atom stereocenters. The largest absolute Gasteiger partial charge is 0.336 e. The number of nitrogens with zero attached hydrogens (tertiary/aromatic N) is 1. The second kappa shape index (κ2) is 5.16. The van der Waals surface area contributed by atoms with Crippen LogP contribution in [0, 0.1) is 0 Å². The Morgan fingerprint density at radius 3 is 2.53 bits per heavy atom. The lowest BCUT2D eigenvalue weighted by Gasteiger charge is -2.20. The number of amides is 2. The minimum absolute atomic E-state index is 0.100. The molecule has 0 spiro atoms. The van der Waals surface area contributed by atoms with E-state index in [0.29, 0.717) is 0 Å². The number of hydrogen-bond acceptors (Lipinski definition) is 1. The Labute approximate surface area is 98.6 Å². The SMILES string of the molecule is CC(C)NC(=O)N(C)c1ccccc1Br. The van der Waals surface area contributed by atoms with E-state index in [0.717, 1.165) is 10.2 Å². The maximum absolute atomic E-state index is 11.7. The first-order valence-corrected chi connectivity index (χ1v) is 5.60. The van der Waals surface area contributed by atoms with Crippen molar-refractivity contribution in [1.82, 2.24) is 5.32 Å². The average molecular weight is 271 g/mol. The first kappa shape index (κ1) is 12.0. The monoisotopic (exact) mass is 270 g/mol. The zero-order chi connectivity index (χ0) is 11.4. The number of urea groups is 1. The molecule has 4 heteroatoms. The molecule has 0 bridgehead atoms. The zero-order valence-electron chi connectivity index (χ0n) is 9.12. The van der Waals surface area contributed by atoms with Gasteiger partial charge in [-0.2, -0.15) is 0 Å². The molecule has 1 aromatic carbocycles. The first-order chi connectivity index (χ1) is 7.02. The highest BCUT2D eigenvalue weighted by Crippen LogP contribution is 2.24. The van der Waals surface area contributed by atoms with Gasteiger partial charge in [0, 0.05) is 17.6 Å². The Hall–Kier alpha value is -1.03. The number of nitrogens with one attached hydrogen (secondary N) is 1. The van der Waals surface area contributed by atoms with Gasteiger partial charge in [-0.15, -0.1) is 0 Å². The van der Waals surface area contributed by atoms with Crippen molar-refractivity contribution in [3.8, 4) is 0 Å². The summed E-state index contributed by atoms with van der Waals surface area (Å²) in [6.07, 6.45) is 0. The van der Waals surface area contributed by atoms with Crippen molar-refractivity contribution in [2.45, 2.75) is 19.9 Å². The molecule has 1 rings (SSSR count). The van der Waals surface area contributed by atoms with Gasteiger partial charge in [0.15, 0.2) is 0 Å². The molecule has 0 saturated carbocycles. The summed E-state index contributed by atoms with van der Waals surface area (Å²) in [5.74, 6) is 0. The highest BCUT2D eigenvalue weighted by Gasteiger charge is 2.13. The molecule has 1 N–H and O–H groups in total. The molecular weight excluding hydrogens is 256 g/mol. The van der Waals surface area contributed by atoms with Gasteiger partial charge in [0.25, 0.3) is 0 Å². The van der Waals surface area contributed by atoms with Crippen LogP contribution in [-0.2, 0) is 0 Å². The van der Waals surface area contributed by atoms with Crippen LogP contribution in [0.1, 0.15) is 13.8 Å². The number of halogens is 1. The lowest BCUT2D eigenvalue weighted by Crippen LogP contribution is -2.40. The maximum Gasteiger partial charge on any atom is 0.321 e. The lowest BCUT2D eigenvalue weighted by atomic mass is 10.3. The van der Waals surface area contributed by atoms with Crippen LogP contribution in [0.5, 0.6) is 0 Å². The number of anilines is 1. The fraction of sp³-hybridized carbons (Fsp3) is 0.364. The predicted octanol–water partition coefficient (Wildman–Crippen LogP) is 3.00. The Bertz CT molecular complexity index is 352. The molecule has 15 heavy (non-hydrogen) atoms. The topological polar surface area (TPSA) is 32.3 Å². The molecule has 0 radical (unpaired) electrons. The zero-order valence-corrected chi connectivity index (χ0v) is 10.7. The number of carbonyl (C=O) groups is 1. The molecule has 1 aromatic rings. The number of para-hydroxylation sites is 1. The Morgan fingerprint density at radius 1 is 1.40 bits per heavy atom. The second-order valence-corrected chi connectivity index (χ2v) is 4.47. The summed E-state index contributed by atoms with van der Waals surface area (Å²) >= 11 is 3.41.